The Labute approximate surface area is 163 Å². The molecule has 2 saturated carbocycles. The van der Waals surface area contributed by atoms with Crippen LogP contribution >= 0.6 is 0 Å². The largest absolute Gasteiger partial charge is 0.325 e. The third kappa shape index (κ3) is 2.73. The molecule has 5 heteroatoms. The Kier molecular flexibility index (Phi) is 4.04. The molecule has 2 aromatic rings. The van der Waals surface area contributed by atoms with E-state index in [-0.39, 0.29) is 36.1 Å². The molecule has 0 radical (unpaired) electrons. The SMILES string of the molecule is O=C(CN1C(=O)[C@@H]2[C@H]3CC[C@@H](C3)[C@@H]2C1=O)Nc1ccc(-c2ccccc2)cc1. The molecule has 2 bridgehead atoms. The summed E-state index contributed by atoms with van der Waals surface area (Å²) in [5.41, 5.74) is 2.82. The number of anilines is 1. The highest BCUT2D eigenvalue weighted by Gasteiger charge is 2.60. The molecule has 1 saturated heterocycles. The van der Waals surface area contributed by atoms with E-state index in [1.165, 1.54) is 4.90 Å². The molecule has 1 aliphatic heterocycles. The summed E-state index contributed by atoms with van der Waals surface area (Å²) in [5, 5.41) is 2.81. The number of benzene rings is 2. The van der Waals surface area contributed by atoms with E-state index in [0.29, 0.717) is 17.5 Å². The van der Waals surface area contributed by atoms with Gasteiger partial charge in [0.2, 0.25) is 17.7 Å². The maximum atomic E-state index is 12.7. The Morgan fingerprint density at radius 3 is 2.04 bits per heavy atom. The van der Waals surface area contributed by atoms with Crippen molar-refractivity contribution in [2.75, 3.05) is 11.9 Å². The number of carbonyl (C=O) groups is 3. The average Bonchev–Trinajstić information content (AvgIpc) is 3.39. The van der Waals surface area contributed by atoms with E-state index >= 15 is 0 Å². The minimum Gasteiger partial charge on any atom is -0.325 e. The van der Waals surface area contributed by atoms with Crippen molar-refractivity contribution in [2.24, 2.45) is 23.7 Å². The predicted octanol–water partition coefficient (Wildman–Crippen LogP) is 3.32. The third-order valence-electron chi connectivity index (χ3n) is 6.60. The fraction of sp³-hybridized carbons (Fsp3) is 0.348. The van der Waals surface area contributed by atoms with E-state index in [2.05, 4.69) is 5.32 Å². The molecule has 3 aliphatic rings. The lowest BCUT2D eigenvalue weighted by Gasteiger charge is -2.19. The van der Waals surface area contributed by atoms with Crippen molar-refractivity contribution in [3.05, 3.63) is 54.6 Å². The van der Waals surface area contributed by atoms with Gasteiger partial charge in [0.25, 0.3) is 0 Å². The van der Waals surface area contributed by atoms with Crippen LogP contribution in [0.25, 0.3) is 11.1 Å². The Morgan fingerprint density at radius 1 is 0.857 bits per heavy atom. The first-order valence-electron chi connectivity index (χ1n) is 9.92. The number of carbonyl (C=O) groups excluding carboxylic acids is 3. The van der Waals surface area contributed by atoms with E-state index in [1.807, 2.05) is 54.6 Å². The Balaban J connectivity index is 1.24. The van der Waals surface area contributed by atoms with Crippen LogP contribution in [0.4, 0.5) is 5.69 Å². The third-order valence-corrected chi connectivity index (χ3v) is 6.60. The zero-order valence-corrected chi connectivity index (χ0v) is 15.5. The second-order valence-electron chi connectivity index (χ2n) is 8.14. The van der Waals surface area contributed by atoms with Crippen molar-refractivity contribution in [3.63, 3.8) is 0 Å². The Bertz CT molecular complexity index is 910. The van der Waals surface area contributed by atoms with Gasteiger partial charge in [-0.15, -0.1) is 0 Å². The number of rotatable bonds is 4. The van der Waals surface area contributed by atoms with Gasteiger partial charge >= 0.3 is 0 Å². The zero-order valence-electron chi connectivity index (χ0n) is 15.5. The van der Waals surface area contributed by atoms with Gasteiger partial charge in [-0.1, -0.05) is 42.5 Å². The van der Waals surface area contributed by atoms with Gasteiger partial charge in [0.05, 0.1) is 11.8 Å². The minimum absolute atomic E-state index is 0.142. The smallest absolute Gasteiger partial charge is 0.244 e. The van der Waals surface area contributed by atoms with E-state index in [9.17, 15) is 14.4 Å². The highest BCUT2D eigenvalue weighted by atomic mass is 16.2. The standard InChI is InChI=1S/C23H22N2O3/c26-19(24-18-10-8-15(9-11-18)14-4-2-1-3-5-14)13-25-22(27)20-16-6-7-17(12-16)21(20)23(25)28/h1-5,8-11,16-17,20-21H,6-7,12-13H2,(H,24,26)/t16-,17-,20-,21+/m0/s1. The molecular weight excluding hydrogens is 352 g/mol. The lowest BCUT2D eigenvalue weighted by molar-refractivity contribution is -0.143. The van der Waals surface area contributed by atoms with E-state index in [1.54, 1.807) is 0 Å². The van der Waals surface area contributed by atoms with Crippen LogP contribution in [0.15, 0.2) is 54.6 Å². The molecule has 2 aromatic carbocycles. The second kappa shape index (κ2) is 6.59. The van der Waals surface area contributed by atoms with Gasteiger partial charge in [0.1, 0.15) is 6.54 Å². The number of nitrogens with zero attached hydrogens (tertiary/aromatic N) is 1. The molecule has 1 heterocycles. The molecule has 142 valence electrons. The fourth-order valence-corrected chi connectivity index (χ4v) is 5.35. The summed E-state index contributed by atoms with van der Waals surface area (Å²) in [6.07, 6.45) is 3.08. The summed E-state index contributed by atoms with van der Waals surface area (Å²) >= 11 is 0. The quantitative estimate of drug-likeness (QED) is 0.835. The monoisotopic (exact) mass is 374 g/mol. The van der Waals surface area contributed by atoms with Crippen molar-refractivity contribution in [1.29, 1.82) is 0 Å². The van der Waals surface area contributed by atoms with E-state index in [4.69, 9.17) is 0 Å². The highest BCUT2D eigenvalue weighted by Crippen LogP contribution is 2.56. The first-order valence-corrected chi connectivity index (χ1v) is 9.92. The first kappa shape index (κ1) is 17.2. The first-order chi connectivity index (χ1) is 13.6. The maximum Gasteiger partial charge on any atom is 0.244 e. The van der Waals surface area contributed by atoms with E-state index < -0.39 is 0 Å². The van der Waals surface area contributed by atoms with Crippen molar-refractivity contribution in [2.45, 2.75) is 19.3 Å². The molecule has 5 nitrogen and oxygen atoms in total. The predicted molar refractivity (Wildman–Crippen MR) is 105 cm³/mol. The number of amides is 3. The zero-order chi connectivity index (χ0) is 19.3. The summed E-state index contributed by atoms with van der Waals surface area (Å²) in [6.45, 7) is -0.190. The molecule has 28 heavy (non-hydrogen) atoms. The molecular formula is C23H22N2O3. The van der Waals surface area contributed by atoms with Crippen molar-refractivity contribution in [1.82, 2.24) is 4.90 Å². The topological polar surface area (TPSA) is 66.5 Å². The summed E-state index contributed by atoms with van der Waals surface area (Å²) < 4.78 is 0. The van der Waals surface area contributed by atoms with Gasteiger partial charge < -0.3 is 5.32 Å². The van der Waals surface area contributed by atoms with Crippen molar-refractivity contribution >= 4 is 23.4 Å². The van der Waals surface area contributed by atoms with Crippen LogP contribution < -0.4 is 5.32 Å². The van der Waals surface area contributed by atoms with Crippen LogP contribution in [-0.4, -0.2) is 29.2 Å². The number of hydrogen-bond acceptors (Lipinski definition) is 3. The summed E-state index contributed by atoms with van der Waals surface area (Å²) in [4.78, 5) is 39.0. The van der Waals surface area contributed by atoms with Crippen molar-refractivity contribution in [3.8, 4) is 11.1 Å². The number of likely N-dealkylation sites (tertiary alicyclic amines) is 1. The molecule has 3 amide bonds. The fourth-order valence-electron chi connectivity index (χ4n) is 5.35. The van der Waals surface area contributed by atoms with Gasteiger partial charge in [-0.05, 0) is 54.4 Å². The molecule has 3 fully saturated rings. The molecule has 0 spiro atoms. The summed E-state index contributed by atoms with van der Waals surface area (Å²) in [7, 11) is 0. The minimum atomic E-state index is -0.332. The van der Waals surface area contributed by atoms with Crippen LogP contribution in [0.5, 0.6) is 0 Å². The summed E-state index contributed by atoms with van der Waals surface area (Å²) in [5.74, 6) is -0.293. The molecule has 0 unspecified atom stereocenters. The van der Waals surface area contributed by atoms with Crippen LogP contribution in [-0.2, 0) is 14.4 Å². The molecule has 5 rings (SSSR count). The molecule has 4 atom stereocenters. The number of imide groups is 1. The van der Waals surface area contributed by atoms with E-state index in [0.717, 1.165) is 30.4 Å². The second-order valence-corrected chi connectivity index (χ2v) is 8.14. The highest BCUT2D eigenvalue weighted by molar-refractivity contribution is 6.09. The number of fused-ring (bicyclic) bond motifs is 5. The van der Waals surface area contributed by atoms with Crippen LogP contribution in [0.3, 0.4) is 0 Å². The maximum absolute atomic E-state index is 12.7. The summed E-state index contributed by atoms with van der Waals surface area (Å²) in [6, 6.07) is 17.6. The number of nitrogens with one attached hydrogen (secondary N) is 1. The molecule has 2 aliphatic carbocycles. The van der Waals surface area contributed by atoms with Crippen LogP contribution in [0.1, 0.15) is 19.3 Å². The normalized spacial score (nSPS) is 27.9. The van der Waals surface area contributed by atoms with Gasteiger partial charge in [0.15, 0.2) is 0 Å². The van der Waals surface area contributed by atoms with Gasteiger partial charge in [0, 0.05) is 5.69 Å². The van der Waals surface area contributed by atoms with Crippen LogP contribution in [0.2, 0.25) is 0 Å². The Hall–Kier alpha value is -2.95. The van der Waals surface area contributed by atoms with Crippen LogP contribution in [0, 0.1) is 23.7 Å². The van der Waals surface area contributed by atoms with Gasteiger partial charge in [-0.25, -0.2) is 0 Å². The lowest BCUT2D eigenvalue weighted by atomic mass is 9.81. The average molecular weight is 374 g/mol. The lowest BCUT2D eigenvalue weighted by Crippen LogP contribution is -2.39. The number of hydrogen-bond donors (Lipinski definition) is 1. The Morgan fingerprint density at radius 2 is 1.43 bits per heavy atom. The van der Waals surface area contributed by atoms with Crippen molar-refractivity contribution < 1.29 is 14.4 Å². The van der Waals surface area contributed by atoms with Gasteiger partial charge in [-0.2, -0.15) is 0 Å². The molecule has 0 aromatic heterocycles. The van der Waals surface area contributed by atoms with Gasteiger partial charge in [-0.3, -0.25) is 19.3 Å². The molecule has 1 N–H and O–H groups in total.